The van der Waals surface area contributed by atoms with E-state index in [2.05, 4.69) is 4.74 Å². The number of rotatable bonds is 3. The number of benzene rings is 1. The van der Waals surface area contributed by atoms with Gasteiger partial charge >= 0.3 is 5.97 Å². The molecule has 0 bridgehead atoms. The van der Waals surface area contributed by atoms with Gasteiger partial charge in [0.25, 0.3) is 9.05 Å². The van der Waals surface area contributed by atoms with E-state index in [1.165, 1.54) is 0 Å². The first-order chi connectivity index (χ1) is 7.77. The monoisotopic (exact) mass is 300 g/mol. The van der Waals surface area contributed by atoms with Gasteiger partial charge in [0, 0.05) is 10.7 Å². The zero-order valence-electron chi connectivity index (χ0n) is 8.54. The van der Waals surface area contributed by atoms with Gasteiger partial charge in [0.1, 0.15) is 4.90 Å². The standard InChI is InChI=1S/C9H7Cl2FO4S/c1-2-16-9(13)5-3-6(10)8(12)7(4-5)17(11,14)15/h3-4H,2H2,1H3. The quantitative estimate of drug-likeness (QED) is 0.636. The van der Waals surface area contributed by atoms with Gasteiger partial charge in [0.05, 0.1) is 17.2 Å². The summed E-state index contributed by atoms with van der Waals surface area (Å²) in [6.45, 7) is 1.67. The highest BCUT2D eigenvalue weighted by molar-refractivity contribution is 8.13. The first-order valence-electron chi connectivity index (χ1n) is 4.38. The second-order valence-electron chi connectivity index (χ2n) is 2.93. The first-order valence-corrected chi connectivity index (χ1v) is 7.07. The Morgan fingerprint density at radius 1 is 1.47 bits per heavy atom. The van der Waals surface area contributed by atoms with Crippen LogP contribution in [0.3, 0.4) is 0 Å². The second kappa shape index (κ2) is 5.20. The summed E-state index contributed by atoms with van der Waals surface area (Å²) in [5.74, 6) is -2.01. The van der Waals surface area contributed by atoms with Gasteiger partial charge in [-0.2, -0.15) is 0 Å². The van der Waals surface area contributed by atoms with Crippen LogP contribution in [0, 0.1) is 5.82 Å². The second-order valence-corrected chi connectivity index (χ2v) is 5.87. The van der Waals surface area contributed by atoms with Crippen molar-refractivity contribution in [3.63, 3.8) is 0 Å². The number of ether oxygens (including phenoxy) is 1. The molecular formula is C9H7Cl2FO4S. The van der Waals surface area contributed by atoms with Crippen LogP contribution in [0.15, 0.2) is 17.0 Å². The van der Waals surface area contributed by atoms with Gasteiger partial charge in [0.2, 0.25) is 0 Å². The van der Waals surface area contributed by atoms with E-state index >= 15 is 0 Å². The van der Waals surface area contributed by atoms with Crippen LogP contribution < -0.4 is 0 Å². The van der Waals surface area contributed by atoms with Crippen LogP contribution in [-0.4, -0.2) is 21.0 Å². The molecule has 0 radical (unpaired) electrons. The zero-order chi connectivity index (χ0) is 13.2. The Hall–Kier alpha value is -0.850. The SMILES string of the molecule is CCOC(=O)c1cc(Cl)c(F)c(S(=O)(=O)Cl)c1. The first kappa shape index (κ1) is 14.2. The Balaban J connectivity index is 3.39. The summed E-state index contributed by atoms with van der Waals surface area (Å²) in [5, 5.41) is -0.519. The average Bonchev–Trinajstić information content (AvgIpc) is 2.20. The number of hydrogen-bond acceptors (Lipinski definition) is 4. The lowest BCUT2D eigenvalue weighted by molar-refractivity contribution is 0.0526. The molecule has 0 aliphatic rings. The molecule has 17 heavy (non-hydrogen) atoms. The van der Waals surface area contributed by atoms with Crippen molar-refractivity contribution in [2.24, 2.45) is 0 Å². The molecule has 1 aromatic rings. The third kappa shape index (κ3) is 3.31. The highest BCUT2D eigenvalue weighted by Gasteiger charge is 2.22. The van der Waals surface area contributed by atoms with E-state index in [1.807, 2.05) is 0 Å². The Morgan fingerprint density at radius 3 is 2.53 bits per heavy atom. The van der Waals surface area contributed by atoms with Crippen LogP contribution in [0.25, 0.3) is 0 Å². The molecule has 0 amide bonds. The van der Waals surface area contributed by atoms with Gasteiger partial charge in [-0.05, 0) is 19.1 Å². The predicted molar refractivity (Wildman–Crippen MR) is 60.4 cm³/mol. The minimum Gasteiger partial charge on any atom is -0.462 e. The van der Waals surface area contributed by atoms with Crippen LogP contribution in [0.1, 0.15) is 17.3 Å². The molecule has 0 aliphatic heterocycles. The van der Waals surface area contributed by atoms with Crippen LogP contribution in [0.4, 0.5) is 4.39 Å². The molecule has 1 rings (SSSR count). The molecule has 4 nitrogen and oxygen atoms in total. The van der Waals surface area contributed by atoms with E-state index in [0.29, 0.717) is 0 Å². The third-order valence-corrected chi connectivity index (χ3v) is 3.36. The predicted octanol–water partition coefficient (Wildman–Crippen LogP) is 2.58. The van der Waals surface area contributed by atoms with E-state index in [1.54, 1.807) is 6.92 Å². The fourth-order valence-electron chi connectivity index (χ4n) is 1.07. The van der Waals surface area contributed by atoms with E-state index in [0.717, 1.165) is 12.1 Å². The minimum absolute atomic E-state index is 0.0940. The lowest BCUT2D eigenvalue weighted by Gasteiger charge is -2.06. The lowest BCUT2D eigenvalue weighted by Crippen LogP contribution is -2.07. The zero-order valence-corrected chi connectivity index (χ0v) is 10.9. The van der Waals surface area contributed by atoms with Crippen molar-refractivity contribution in [1.29, 1.82) is 0 Å². The van der Waals surface area contributed by atoms with Crippen LogP contribution in [0.2, 0.25) is 5.02 Å². The summed E-state index contributed by atoms with van der Waals surface area (Å²) in [7, 11) is 0.689. The Kier molecular flexibility index (Phi) is 4.35. The van der Waals surface area contributed by atoms with Crippen LogP contribution >= 0.6 is 22.3 Å². The van der Waals surface area contributed by atoms with Crippen molar-refractivity contribution in [1.82, 2.24) is 0 Å². The van der Waals surface area contributed by atoms with Crippen molar-refractivity contribution >= 4 is 37.3 Å². The van der Waals surface area contributed by atoms with Gasteiger partial charge in [0.15, 0.2) is 5.82 Å². The maximum absolute atomic E-state index is 13.4. The number of carbonyl (C=O) groups excluding carboxylic acids is 1. The Bertz CT molecular complexity index is 556. The highest BCUT2D eigenvalue weighted by atomic mass is 35.7. The highest BCUT2D eigenvalue weighted by Crippen LogP contribution is 2.27. The number of esters is 1. The molecule has 0 atom stereocenters. The fourth-order valence-corrected chi connectivity index (χ4v) is 2.28. The van der Waals surface area contributed by atoms with Crippen molar-refractivity contribution in [3.8, 4) is 0 Å². The minimum atomic E-state index is -4.32. The third-order valence-electron chi connectivity index (χ3n) is 1.77. The molecule has 8 heteroatoms. The summed E-state index contributed by atoms with van der Waals surface area (Å²) < 4.78 is 40.1. The largest absolute Gasteiger partial charge is 0.462 e. The van der Waals surface area contributed by atoms with Crippen molar-refractivity contribution in [2.75, 3.05) is 6.61 Å². The molecule has 94 valence electrons. The maximum atomic E-state index is 13.4. The molecule has 0 heterocycles. The average molecular weight is 301 g/mol. The molecule has 0 saturated carbocycles. The smallest absolute Gasteiger partial charge is 0.338 e. The molecule has 0 aliphatic carbocycles. The Labute approximate surface area is 107 Å². The van der Waals surface area contributed by atoms with Crippen LogP contribution in [0.5, 0.6) is 0 Å². The topological polar surface area (TPSA) is 60.4 Å². The Morgan fingerprint density at radius 2 is 2.06 bits per heavy atom. The summed E-state index contributed by atoms with van der Waals surface area (Å²) in [6, 6.07) is 1.75. The van der Waals surface area contributed by atoms with Gasteiger partial charge in [-0.25, -0.2) is 17.6 Å². The molecular weight excluding hydrogens is 294 g/mol. The summed E-state index contributed by atoms with van der Waals surface area (Å²) >= 11 is 5.46. The summed E-state index contributed by atoms with van der Waals surface area (Å²) in [5.41, 5.74) is -0.183. The molecule has 0 fully saturated rings. The van der Waals surface area contributed by atoms with Gasteiger partial charge in [-0.1, -0.05) is 11.6 Å². The number of carbonyl (C=O) groups is 1. The molecule has 0 unspecified atom stereocenters. The molecule has 0 aromatic heterocycles. The van der Waals surface area contributed by atoms with E-state index in [9.17, 15) is 17.6 Å². The molecule has 0 spiro atoms. The van der Waals surface area contributed by atoms with Crippen molar-refractivity contribution in [2.45, 2.75) is 11.8 Å². The van der Waals surface area contributed by atoms with Crippen LogP contribution in [-0.2, 0) is 13.8 Å². The van der Waals surface area contributed by atoms with Crippen molar-refractivity contribution < 1.29 is 22.3 Å². The lowest BCUT2D eigenvalue weighted by atomic mass is 10.2. The van der Waals surface area contributed by atoms with E-state index < -0.39 is 30.8 Å². The molecule has 0 N–H and O–H groups in total. The normalized spacial score (nSPS) is 11.3. The summed E-state index contributed by atoms with van der Waals surface area (Å²) in [4.78, 5) is 10.5. The summed E-state index contributed by atoms with van der Waals surface area (Å²) in [6.07, 6.45) is 0. The number of halogens is 3. The molecule has 0 saturated heterocycles. The van der Waals surface area contributed by atoms with Crippen molar-refractivity contribution in [3.05, 3.63) is 28.5 Å². The van der Waals surface area contributed by atoms with E-state index in [-0.39, 0.29) is 12.2 Å². The maximum Gasteiger partial charge on any atom is 0.338 e. The van der Waals surface area contributed by atoms with Gasteiger partial charge < -0.3 is 4.74 Å². The van der Waals surface area contributed by atoms with Gasteiger partial charge in [-0.3, -0.25) is 0 Å². The number of hydrogen-bond donors (Lipinski definition) is 0. The molecule has 1 aromatic carbocycles. The fraction of sp³-hybridized carbons (Fsp3) is 0.222. The van der Waals surface area contributed by atoms with Gasteiger partial charge in [-0.15, -0.1) is 0 Å². The van der Waals surface area contributed by atoms with E-state index in [4.69, 9.17) is 22.3 Å².